The van der Waals surface area contributed by atoms with Crippen LogP contribution in [0, 0.1) is 29.1 Å². The Morgan fingerprint density at radius 1 is 1.08 bits per heavy atom. The van der Waals surface area contributed by atoms with Crippen molar-refractivity contribution in [3.63, 3.8) is 0 Å². The molecule has 3 aliphatic rings. The molecule has 2 bridgehead atoms. The molecule has 5 atom stereocenters. The first-order valence-electron chi connectivity index (χ1n) is 11.3. The van der Waals surface area contributed by atoms with Crippen molar-refractivity contribution in [1.29, 1.82) is 5.26 Å². The van der Waals surface area contributed by atoms with Crippen LogP contribution in [0.5, 0.6) is 5.88 Å². The molecule has 4 heterocycles. The van der Waals surface area contributed by atoms with Gasteiger partial charge < -0.3 is 9.47 Å². The number of aromatic nitrogens is 2. The van der Waals surface area contributed by atoms with Crippen molar-refractivity contribution in [1.82, 2.24) is 9.97 Å². The average molecular weight is 540 g/mol. The number of halogens is 6. The van der Waals surface area contributed by atoms with E-state index in [1.165, 1.54) is 6.07 Å². The van der Waals surface area contributed by atoms with Crippen molar-refractivity contribution >= 4 is 17.5 Å². The Labute approximate surface area is 211 Å². The zero-order valence-corrected chi connectivity index (χ0v) is 19.7. The van der Waals surface area contributed by atoms with E-state index >= 15 is 0 Å². The lowest BCUT2D eigenvalue weighted by atomic mass is 9.64. The number of imide groups is 1. The molecule has 3 fully saturated rings. The molecule has 5 unspecified atom stereocenters. The van der Waals surface area contributed by atoms with Crippen molar-refractivity contribution in [3.8, 4) is 11.9 Å². The summed E-state index contributed by atoms with van der Waals surface area (Å²) in [6, 6.07) is 4.68. The van der Waals surface area contributed by atoms with Gasteiger partial charge in [-0.3, -0.25) is 9.59 Å². The number of alkyl halides is 6. The Bertz CT molecular complexity index is 1390. The van der Waals surface area contributed by atoms with Crippen LogP contribution in [0.1, 0.15) is 37.1 Å². The van der Waals surface area contributed by atoms with Crippen molar-refractivity contribution in [2.45, 2.75) is 43.8 Å². The number of ether oxygens (including phenoxy) is 2. The third kappa shape index (κ3) is 3.79. The summed E-state index contributed by atoms with van der Waals surface area (Å²) in [5.41, 5.74) is -5.91. The van der Waals surface area contributed by atoms with Crippen LogP contribution in [0.25, 0.3) is 0 Å². The zero-order chi connectivity index (χ0) is 27.8. The molecule has 200 valence electrons. The van der Waals surface area contributed by atoms with E-state index in [9.17, 15) is 35.9 Å². The van der Waals surface area contributed by atoms with Crippen LogP contribution in [0.15, 0.2) is 30.6 Å². The van der Waals surface area contributed by atoms with Gasteiger partial charge in [-0.1, -0.05) is 0 Å². The lowest BCUT2D eigenvalue weighted by molar-refractivity contribution is -0.141. The second-order valence-corrected chi connectivity index (χ2v) is 9.86. The molecule has 0 aliphatic carbocycles. The molecule has 38 heavy (non-hydrogen) atoms. The SMILES string of the molecule is CC12CC(COc3cc(C(F)(F)F)ncn3)C(C)(O1)C1C(=O)N(c3ccc(C#N)c(C(F)(F)F)c3)C(=O)C12. The summed E-state index contributed by atoms with van der Waals surface area (Å²) < 4.78 is 91.0. The van der Waals surface area contributed by atoms with E-state index in [0.717, 1.165) is 12.1 Å². The van der Waals surface area contributed by atoms with Crippen molar-refractivity contribution in [3.05, 3.63) is 47.4 Å². The van der Waals surface area contributed by atoms with Crippen LogP contribution in [-0.4, -0.2) is 39.6 Å². The molecule has 0 radical (unpaired) electrons. The summed E-state index contributed by atoms with van der Waals surface area (Å²) >= 11 is 0. The molecule has 0 saturated carbocycles. The monoisotopic (exact) mass is 540 g/mol. The molecule has 2 aromatic rings. The van der Waals surface area contributed by atoms with Gasteiger partial charge in [0.15, 0.2) is 5.69 Å². The summed E-state index contributed by atoms with van der Waals surface area (Å²) in [6.07, 6.45) is -8.69. The third-order valence-corrected chi connectivity index (χ3v) is 7.55. The van der Waals surface area contributed by atoms with Gasteiger partial charge in [0, 0.05) is 12.0 Å². The fraction of sp³-hybridized carbons (Fsp3) is 0.458. The van der Waals surface area contributed by atoms with E-state index in [4.69, 9.17) is 14.7 Å². The number of rotatable bonds is 4. The van der Waals surface area contributed by atoms with Gasteiger partial charge in [0.05, 0.1) is 52.5 Å². The first kappa shape index (κ1) is 25.9. The summed E-state index contributed by atoms with van der Waals surface area (Å²) in [4.78, 5) is 34.5. The zero-order valence-electron chi connectivity index (χ0n) is 19.7. The fourth-order valence-electron chi connectivity index (χ4n) is 5.93. The molecule has 14 heteroatoms. The molecule has 3 saturated heterocycles. The molecule has 1 aromatic heterocycles. The van der Waals surface area contributed by atoms with Gasteiger partial charge in [0.25, 0.3) is 0 Å². The predicted octanol–water partition coefficient (Wildman–Crippen LogP) is 4.14. The Hall–Kier alpha value is -3.73. The molecular weight excluding hydrogens is 522 g/mol. The number of carbonyl (C=O) groups excluding carboxylic acids is 2. The maximum Gasteiger partial charge on any atom is 0.433 e. The molecule has 2 amide bonds. The van der Waals surface area contributed by atoms with Gasteiger partial charge in [-0.2, -0.15) is 31.6 Å². The Kier molecular flexibility index (Phi) is 5.54. The standard InChI is InChI=1S/C24H18F6N4O4/c1-21-7-12(9-37-16-6-15(24(28,29)30)32-10-33-16)22(2,38-21)18-17(21)19(35)34(20(18)36)13-4-3-11(8-31)14(5-13)23(25,26)27/h3-6,10,12,17-18H,7,9H2,1-2H3. The minimum Gasteiger partial charge on any atom is -0.477 e. The number of nitriles is 1. The Morgan fingerprint density at radius 2 is 1.76 bits per heavy atom. The van der Waals surface area contributed by atoms with E-state index in [2.05, 4.69) is 9.97 Å². The number of hydrogen-bond donors (Lipinski definition) is 0. The van der Waals surface area contributed by atoms with Crippen molar-refractivity contribution in [2.75, 3.05) is 11.5 Å². The minimum atomic E-state index is -4.89. The van der Waals surface area contributed by atoms with Crippen molar-refractivity contribution in [2.24, 2.45) is 17.8 Å². The number of carbonyl (C=O) groups is 2. The number of fused-ring (bicyclic) bond motifs is 5. The lowest BCUT2D eigenvalue weighted by Crippen LogP contribution is -2.48. The van der Waals surface area contributed by atoms with E-state index < -0.39 is 69.9 Å². The van der Waals surface area contributed by atoms with E-state index in [1.807, 2.05) is 0 Å². The van der Waals surface area contributed by atoms with Gasteiger partial charge in [-0.15, -0.1) is 0 Å². The topological polar surface area (TPSA) is 105 Å². The Balaban J connectivity index is 1.43. The summed E-state index contributed by atoms with van der Waals surface area (Å²) in [7, 11) is 0. The smallest absolute Gasteiger partial charge is 0.433 e. The van der Waals surface area contributed by atoms with Crippen LogP contribution >= 0.6 is 0 Å². The second-order valence-electron chi connectivity index (χ2n) is 9.86. The normalized spacial score (nSPS) is 30.5. The molecular formula is C24H18F6N4O4. The summed E-state index contributed by atoms with van der Waals surface area (Å²) in [5, 5.41) is 9.05. The van der Waals surface area contributed by atoms with E-state index in [1.54, 1.807) is 13.8 Å². The predicted molar refractivity (Wildman–Crippen MR) is 114 cm³/mol. The van der Waals surface area contributed by atoms with Gasteiger partial charge >= 0.3 is 12.4 Å². The highest BCUT2D eigenvalue weighted by atomic mass is 19.4. The number of anilines is 1. The van der Waals surface area contributed by atoms with Crippen LogP contribution in [0.2, 0.25) is 0 Å². The molecule has 0 spiro atoms. The highest BCUT2D eigenvalue weighted by molar-refractivity contribution is 6.23. The van der Waals surface area contributed by atoms with Gasteiger partial charge in [0.1, 0.15) is 6.33 Å². The second kappa shape index (κ2) is 8.13. The summed E-state index contributed by atoms with van der Waals surface area (Å²) in [5.74, 6) is -4.45. The molecule has 3 aliphatic heterocycles. The van der Waals surface area contributed by atoms with E-state index in [-0.39, 0.29) is 24.6 Å². The van der Waals surface area contributed by atoms with Crippen molar-refractivity contribution < 1.29 is 45.4 Å². The number of amides is 2. The third-order valence-electron chi connectivity index (χ3n) is 7.55. The molecule has 0 N–H and O–H groups in total. The number of hydrogen-bond acceptors (Lipinski definition) is 7. The quantitative estimate of drug-likeness (QED) is 0.424. The fourth-order valence-corrected chi connectivity index (χ4v) is 5.93. The first-order valence-corrected chi connectivity index (χ1v) is 11.3. The number of nitrogens with zero attached hydrogens (tertiary/aromatic N) is 4. The van der Waals surface area contributed by atoms with Crippen LogP contribution in [-0.2, 0) is 26.7 Å². The average Bonchev–Trinajstić information content (AvgIpc) is 3.36. The maximum absolute atomic E-state index is 13.5. The largest absolute Gasteiger partial charge is 0.477 e. The Morgan fingerprint density at radius 3 is 2.39 bits per heavy atom. The number of benzene rings is 1. The van der Waals surface area contributed by atoms with Crippen LogP contribution < -0.4 is 9.64 Å². The molecule has 5 rings (SSSR count). The van der Waals surface area contributed by atoms with Crippen LogP contribution in [0.4, 0.5) is 32.0 Å². The summed E-state index contributed by atoms with van der Waals surface area (Å²) in [6.45, 7) is 2.99. The lowest BCUT2D eigenvalue weighted by Gasteiger charge is -2.35. The van der Waals surface area contributed by atoms with Crippen LogP contribution in [0.3, 0.4) is 0 Å². The van der Waals surface area contributed by atoms with Gasteiger partial charge in [-0.25, -0.2) is 14.9 Å². The highest BCUT2D eigenvalue weighted by Crippen LogP contribution is 2.63. The highest BCUT2D eigenvalue weighted by Gasteiger charge is 2.75. The van der Waals surface area contributed by atoms with Gasteiger partial charge in [0.2, 0.25) is 17.7 Å². The maximum atomic E-state index is 13.5. The first-order chi connectivity index (χ1) is 17.6. The van der Waals surface area contributed by atoms with E-state index in [0.29, 0.717) is 23.4 Å². The van der Waals surface area contributed by atoms with Gasteiger partial charge in [-0.05, 0) is 38.5 Å². The minimum absolute atomic E-state index is 0.194. The molecule has 1 aromatic carbocycles. The molecule has 8 nitrogen and oxygen atoms in total.